The summed E-state index contributed by atoms with van der Waals surface area (Å²) in [5, 5.41) is 0. The molecule has 2 aromatic rings. The molecule has 1 aliphatic heterocycles. The number of anilines is 1. The van der Waals surface area contributed by atoms with E-state index in [1.54, 1.807) is 19.1 Å². The van der Waals surface area contributed by atoms with E-state index in [0.717, 1.165) is 31.2 Å². The first-order valence-electron chi connectivity index (χ1n) is 9.93. The predicted molar refractivity (Wildman–Crippen MR) is 117 cm³/mol. The van der Waals surface area contributed by atoms with E-state index in [2.05, 4.69) is 4.72 Å². The van der Waals surface area contributed by atoms with Gasteiger partial charge < -0.3 is 4.74 Å². The van der Waals surface area contributed by atoms with Crippen molar-refractivity contribution < 1.29 is 21.6 Å². The Balaban J connectivity index is 2.00. The van der Waals surface area contributed by atoms with Crippen molar-refractivity contribution in [3.05, 3.63) is 47.5 Å². The van der Waals surface area contributed by atoms with Gasteiger partial charge in [0.2, 0.25) is 10.0 Å². The largest absolute Gasteiger partial charge is 0.495 e. The maximum atomic E-state index is 13.1. The molecular weight excluding hydrogens is 424 g/mol. The first-order chi connectivity index (χ1) is 14.1. The predicted octanol–water partition coefficient (Wildman–Crippen LogP) is 3.68. The highest BCUT2D eigenvalue weighted by Crippen LogP contribution is 2.32. The summed E-state index contributed by atoms with van der Waals surface area (Å²) in [5.74, 6) is 0.249. The highest BCUT2D eigenvalue weighted by molar-refractivity contribution is 7.92. The molecule has 1 fully saturated rings. The van der Waals surface area contributed by atoms with Gasteiger partial charge in [0.15, 0.2) is 0 Å². The van der Waals surface area contributed by atoms with Gasteiger partial charge in [0.05, 0.1) is 22.6 Å². The van der Waals surface area contributed by atoms with Crippen LogP contribution in [0.3, 0.4) is 0 Å². The van der Waals surface area contributed by atoms with Gasteiger partial charge in [-0.05, 0) is 62.1 Å². The quantitative estimate of drug-likeness (QED) is 0.722. The summed E-state index contributed by atoms with van der Waals surface area (Å²) in [6, 6.07) is 9.43. The minimum absolute atomic E-state index is 0.0452. The van der Waals surface area contributed by atoms with Gasteiger partial charge >= 0.3 is 0 Å². The summed E-state index contributed by atoms with van der Waals surface area (Å²) in [7, 11) is -6.24. The molecule has 0 atom stereocenters. The second-order valence-electron chi connectivity index (χ2n) is 7.55. The zero-order chi connectivity index (χ0) is 21.9. The zero-order valence-electron chi connectivity index (χ0n) is 17.5. The average molecular weight is 453 g/mol. The van der Waals surface area contributed by atoms with Crippen molar-refractivity contribution in [1.29, 1.82) is 0 Å². The molecule has 1 N–H and O–H groups in total. The number of hydrogen-bond donors (Lipinski definition) is 1. The van der Waals surface area contributed by atoms with Gasteiger partial charge in [-0.3, -0.25) is 4.72 Å². The average Bonchev–Trinajstić information content (AvgIpc) is 2.99. The number of rotatable bonds is 6. The topological polar surface area (TPSA) is 92.8 Å². The molecule has 0 saturated carbocycles. The molecule has 1 aliphatic rings. The van der Waals surface area contributed by atoms with Crippen molar-refractivity contribution >= 4 is 25.7 Å². The van der Waals surface area contributed by atoms with Crippen LogP contribution in [-0.4, -0.2) is 41.3 Å². The van der Waals surface area contributed by atoms with Crippen molar-refractivity contribution in [2.24, 2.45) is 0 Å². The van der Waals surface area contributed by atoms with Crippen LogP contribution in [0.5, 0.6) is 5.75 Å². The normalized spacial score (nSPS) is 16.1. The summed E-state index contributed by atoms with van der Waals surface area (Å²) in [5.41, 5.74) is 1.50. The first kappa shape index (κ1) is 22.6. The van der Waals surface area contributed by atoms with E-state index in [4.69, 9.17) is 4.74 Å². The molecule has 164 valence electrons. The summed E-state index contributed by atoms with van der Waals surface area (Å²) in [6.07, 6.45) is 3.66. The van der Waals surface area contributed by atoms with Crippen LogP contribution in [0, 0.1) is 13.8 Å². The number of nitrogens with one attached hydrogen (secondary N) is 1. The Morgan fingerprint density at radius 2 is 1.57 bits per heavy atom. The van der Waals surface area contributed by atoms with Crippen LogP contribution >= 0.6 is 0 Å². The fraction of sp³-hybridized carbons (Fsp3) is 0.429. The van der Waals surface area contributed by atoms with Gasteiger partial charge in [0, 0.05) is 13.1 Å². The molecule has 0 unspecified atom stereocenters. The monoisotopic (exact) mass is 452 g/mol. The Bertz CT molecular complexity index is 1120. The van der Waals surface area contributed by atoms with Crippen molar-refractivity contribution in [1.82, 2.24) is 4.31 Å². The molecule has 3 rings (SSSR count). The molecule has 1 heterocycles. The lowest BCUT2D eigenvalue weighted by Gasteiger charge is -2.21. The van der Waals surface area contributed by atoms with Crippen LogP contribution in [0.25, 0.3) is 0 Å². The van der Waals surface area contributed by atoms with E-state index in [9.17, 15) is 16.8 Å². The van der Waals surface area contributed by atoms with E-state index < -0.39 is 20.0 Å². The lowest BCUT2D eigenvalue weighted by molar-refractivity contribution is 0.415. The van der Waals surface area contributed by atoms with Gasteiger partial charge in [-0.25, -0.2) is 16.8 Å². The lowest BCUT2D eigenvalue weighted by Crippen LogP contribution is -2.32. The maximum Gasteiger partial charge on any atom is 0.262 e. The Labute approximate surface area is 179 Å². The molecule has 7 nitrogen and oxygen atoms in total. The summed E-state index contributed by atoms with van der Waals surface area (Å²) < 4.78 is 61.6. The van der Waals surface area contributed by atoms with Crippen LogP contribution in [0.4, 0.5) is 5.69 Å². The van der Waals surface area contributed by atoms with Crippen LogP contribution in [0.2, 0.25) is 0 Å². The van der Waals surface area contributed by atoms with E-state index in [0.29, 0.717) is 18.7 Å². The number of aryl methyl sites for hydroxylation is 2. The highest BCUT2D eigenvalue weighted by atomic mass is 32.2. The smallest absolute Gasteiger partial charge is 0.262 e. The summed E-state index contributed by atoms with van der Waals surface area (Å²) >= 11 is 0. The molecule has 0 radical (unpaired) electrons. The van der Waals surface area contributed by atoms with Crippen LogP contribution in [-0.2, 0) is 20.0 Å². The molecule has 0 bridgehead atoms. The van der Waals surface area contributed by atoms with E-state index in [-0.39, 0.29) is 21.2 Å². The Hall–Kier alpha value is -2.10. The second-order valence-corrected chi connectivity index (χ2v) is 11.1. The van der Waals surface area contributed by atoms with E-state index in [1.807, 2.05) is 13.0 Å². The van der Waals surface area contributed by atoms with Gasteiger partial charge in [-0.2, -0.15) is 4.31 Å². The molecular formula is C21H28N2O5S2. The second kappa shape index (κ2) is 8.95. The molecule has 0 aliphatic carbocycles. The summed E-state index contributed by atoms with van der Waals surface area (Å²) in [4.78, 5) is 0.189. The third-order valence-corrected chi connectivity index (χ3v) is 8.65. The fourth-order valence-electron chi connectivity index (χ4n) is 3.55. The number of benzene rings is 2. The third-order valence-electron chi connectivity index (χ3n) is 5.25. The summed E-state index contributed by atoms with van der Waals surface area (Å²) in [6.45, 7) is 4.47. The van der Waals surface area contributed by atoms with Gasteiger partial charge in [0.25, 0.3) is 10.0 Å². The number of hydrogen-bond acceptors (Lipinski definition) is 5. The van der Waals surface area contributed by atoms with Crippen LogP contribution in [0.15, 0.2) is 46.2 Å². The van der Waals surface area contributed by atoms with Crippen molar-refractivity contribution in [2.45, 2.75) is 49.3 Å². The molecule has 1 saturated heterocycles. The number of ether oxygens (including phenoxy) is 1. The number of sulfonamides is 2. The molecule has 0 amide bonds. The Morgan fingerprint density at radius 1 is 0.900 bits per heavy atom. The number of methoxy groups -OCH3 is 1. The minimum atomic E-state index is -3.93. The van der Waals surface area contributed by atoms with E-state index in [1.165, 1.54) is 29.6 Å². The van der Waals surface area contributed by atoms with Gasteiger partial charge in [-0.15, -0.1) is 0 Å². The van der Waals surface area contributed by atoms with Crippen LogP contribution in [0.1, 0.15) is 36.8 Å². The standard InChI is InChI=1S/C21H28N2O5S2/c1-16-8-9-17(2)21(14-16)29(24,25)22-19-15-18(10-11-20(19)28-3)30(26,27)23-12-6-4-5-7-13-23/h8-11,14-15,22H,4-7,12-13H2,1-3H3. The Kier molecular flexibility index (Phi) is 6.74. The van der Waals surface area contributed by atoms with Crippen LogP contribution < -0.4 is 9.46 Å². The molecule has 0 aromatic heterocycles. The lowest BCUT2D eigenvalue weighted by atomic mass is 10.2. The molecule has 0 spiro atoms. The third kappa shape index (κ3) is 4.79. The molecule has 30 heavy (non-hydrogen) atoms. The minimum Gasteiger partial charge on any atom is -0.495 e. The van der Waals surface area contributed by atoms with Crippen molar-refractivity contribution in [3.8, 4) is 5.75 Å². The maximum absolute atomic E-state index is 13.1. The highest BCUT2D eigenvalue weighted by Gasteiger charge is 2.27. The van der Waals surface area contributed by atoms with Gasteiger partial charge in [-0.1, -0.05) is 25.0 Å². The Morgan fingerprint density at radius 3 is 2.20 bits per heavy atom. The van der Waals surface area contributed by atoms with E-state index >= 15 is 0 Å². The molecule has 9 heteroatoms. The molecule has 2 aromatic carbocycles. The number of nitrogens with zero attached hydrogens (tertiary/aromatic N) is 1. The SMILES string of the molecule is COc1ccc(S(=O)(=O)N2CCCCCC2)cc1NS(=O)(=O)c1cc(C)ccc1C. The van der Waals surface area contributed by atoms with Crippen molar-refractivity contribution in [2.75, 3.05) is 24.9 Å². The van der Waals surface area contributed by atoms with Gasteiger partial charge in [0.1, 0.15) is 5.75 Å². The van der Waals surface area contributed by atoms with Crippen molar-refractivity contribution in [3.63, 3.8) is 0 Å². The fourth-order valence-corrected chi connectivity index (χ4v) is 6.49. The first-order valence-corrected chi connectivity index (χ1v) is 12.9. The zero-order valence-corrected chi connectivity index (χ0v) is 19.1.